The first kappa shape index (κ1) is 17.4. The Bertz CT molecular complexity index is 305. The van der Waals surface area contributed by atoms with Gasteiger partial charge in [0.2, 0.25) is 0 Å². The Kier molecular flexibility index (Phi) is 6.96. The lowest BCUT2D eigenvalue weighted by molar-refractivity contribution is -0.145. The highest BCUT2D eigenvalue weighted by Gasteiger charge is 2.36. The molecule has 1 saturated carbocycles. The summed E-state index contributed by atoms with van der Waals surface area (Å²) >= 11 is 0. The van der Waals surface area contributed by atoms with E-state index in [1.165, 1.54) is 12.8 Å². The lowest BCUT2D eigenvalue weighted by Gasteiger charge is -2.31. The summed E-state index contributed by atoms with van der Waals surface area (Å²) in [6.45, 7) is 8.08. The number of rotatable bonds is 11. The number of nitrogens with one attached hydrogen (secondary N) is 1. The quantitative estimate of drug-likeness (QED) is 0.612. The first-order valence-electron chi connectivity index (χ1n) is 8.15. The van der Waals surface area contributed by atoms with E-state index in [9.17, 15) is 9.90 Å². The molecule has 0 radical (unpaired) electrons. The van der Waals surface area contributed by atoms with Crippen LogP contribution in [0.15, 0.2) is 0 Å². The van der Waals surface area contributed by atoms with Crippen molar-refractivity contribution in [2.24, 2.45) is 5.92 Å². The first-order valence-corrected chi connectivity index (χ1v) is 8.15. The van der Waals surface area contributed by atoms with Crippen LogP contribution in [-0.4, -0.2) is 47.7 Å². The van der Waals surface area contributed by atoms with Crippen molar-refractivity contribution < 1.29 is 9.90 Å². The monoisotopic (exact) mass is 284 g/mol. The predicted octanol–water partition coefficient (Wildman–Crippen LogP) is 2.73. The highest BCUT2D eigenvalue weighted by atomic mass is 16.4. The Morgan fingerprint density at radius 1 is 1.45 bits per heavy atom. The maximum atomic E-state index is 11.6. The molecule has 4 heteroatoms. The number of nitrogens with zero attached hydrogens (tertiary/aromatic N) is 1. The number of carboxylic acids is 1. The molecule has 0 saturated heterocycles. The smallest absolute Gasteiger partial charge is 0.323 e. The van der Waals surface area contributed by atoms with Crippen molar-refractivity contribution in [2.45, 2.75) is 70.9 Å². The molecule has 2 atom stereocenters. The SMILES string of the molecule is CCCNC(CC)(CCCN(C)C(C)C1CC1)C(=O)O. The van der Waals surface area contributed by atoms with Crippen LogP contribution in [0, 0.1) is 5.92 Å². The number of carboxylic acid groups (broad SMARTS) is 1. The molecule has 0 amide bonds. The van der Waals surface area contributed by atoms with Gasteiger partial charge in [-0.2, -0.15) is 0 Å². The standard InChI is InChI=1S/C16H32N2O2/c1-5-11-17-16(6-2,15(19)20)10-7-12-18(4)13(3)14-8-9-14/h13-14,17H,5-12H2,1-4H3,(H,19,20). The summed E-state index contributed by atoms with van der Waals surface area (Å²) in [6, 6.07) is 0.638. The van der Waals surface area contributed by atoms with Crippen LogP contribution in [0.1, 0.15) is 59.3 Å². The average Bonchev–Trinajstić information content (AvgIpc) is 3.25. The Balaban J connectivity index is 2.42. The van der Waals surface area contributed by atoms with Crippen LogP contribution in [0.4, 0.5) is 0 Å². The van der Waals surface area contributed by atoms with Gasteiger partial charge in [0.1, 0.15) is 5.54 Å². The van der Waals surface area contributed by atoms with Crippen molar-refractivity contribution in [3.8, 4) is 0 Å². The molecule has 2 unspecified atom stereocenters. The summed E-state index contributed by atoms with van der Waals surface area (Å²) in [5.74, 6) is 0.167. The fourth-order valence-electron chi connectivity index (χ4n) is 2.86. The lowest BCUT2D eigenvalue weighted by atomic mass is 9.90. The molecule has 0 aliphatic heterocycles. The van der Waals surface area contributed by atoms with Crippen LogP contribution >= 0.6 is 0 Å². The van der Waals surface area contributed by atoms with E-state index in [1.54, 1.807) is 0 Å². The van der Waals surface area contributed by atoms with Crippen molar-refractivity contribution in [1.29, 1.82) is 0 Å². The third kappa shape index (κ3) is 4.74. The molecule has 118 valence electrons. The van der Waals surface area contributed by atoms with Gasteiger partial charge in [0.15, 0.2) is 0 Å². The second-order valence-corrected chi connectivity index (χ2v) is 6.33. The number of carbonyl (C=O) groups is 1. The average molecular weight is 284 g/mol. The Labute approximate surface area is 123 Å². The molecule has 1 aliphatic rings. The molecule has 0 aromatic carbocycles. The van der Waals surface area contributed by atoms with Gasteiger partial charge in [0.25, 0.3) is 0 Å². The minimum atomic E-state index is -0.736. The zero-order valence-electron chi connectivity index (χ0n) is 13.6. The summed E-state index contributed by atoms with van der Waals surface area (Å²) < 4.78 is 0. The highest BCUT2D eigenvalue weighted by molar-refractivity contribution is 5.78. The summed E-state index contributed by atoms with van der Waals surface area (Å²) in [6.07, 6.45) is 5.97. The second kappa shape index (κ2) is 7.99. The predicted molar refractivity (Wildman–Crippen MR) is 83.0 cm³/mol. The summed E-state index contributed by atoms with van der Waals surface area (Å²) in [4.78, 5) is 14.0. The maximum Gasteiger partial charge on any atom is 0.323 e. The molecule has 1 aliphatic carbocycles. The van der Waals surface area contributed by atoms with Gasteiger partial charge >= 0.3 is 5.97 Å². The van der Waals surface area contributed by atoms with Gasteiger partial charge in [-0.05, 0) is 71.5 Å². The summed E-state index contributed by atoms with van der Waals surface area (Å²) in [5.41, 5.74) is -0.736. The molecule has 2 N–H and O–H groups in total. The van der Waals surface area contributed by atoms with Gasteiger partial charge in [-0.1, -0.05) is 13.8 Å². The van der Waals surface area contributed by atoms with E-state index in [-0.39, 0.29) is 0 Å². The third-order valence-corrected chi connectivity index (χ3v) is 4.84. The zero-order valence-corrected chi connectivity index (χ0v) is 13.6. The van der Waals surface area contributed by atoms with Crippen LogP contribution in [0.3, 0.4) is 0 Å². The molecular formula is C16H32N2O2. The lowest BCUT2D eigenvalue weighted by Crippen LogP contribution is -2.52. The Hall–Kier alpha value is -0.610. The van der Waals surface area contributed by atoms with Gasteiger partial charge in [-0.25, -0.2) is 0 Å². The minimum absolute atomic E-state index is 0.638. The van der Waals surface area contributed by atoms with E-state index < -0.39 is 11.5 Å². The van der Waals surface area contributed by atoms with Gasteiger partial charge < -0.3 is 15.3 Å². The molecule has 4 nitrogen and oxygen atoms in total. The van der Waals surface area contributed by atoms with E-state index in [0.29, 0.717) is 18.9 Å². The maximum absolute atomic E-state index is 11.6. The van der Waals surface area contributed by atoms with E-state index in [4.69, 9.17) is 0 Å². The van der Waals surface area contributed by atoms with Crippen LogP contribution < -0.4 is 5.32 Å². The van der Waals surface area contributed by atoms with Crippen LogP contribution in [0.5, 0.6) is 0 Å². The third-order valence-electron chi connectivity index (χ3n) is 4.84. The van der Waals surface area contributed by atoms with Gasteiger partial charge in [-0.3, -0.25) is 4.79 Å². The van der Waals surface area contributed by atoms with Crippen molar-refractivity contribution in [3.63, 3.8) is 0 Å². The molecule has 0 aromatic rings. The van der Waals surface area contributed by atoms with Gasteiger partial charge in [0, 0.05) is 6.04 Å². The minimum Gasteiger partial charge on any atom is -0.480 e. The normalized spacial score (nSPS) is 19.9. The van der Waals surface area contributed by atoms with E-state index in [0.717, 1.165) is 31.8 Å². The molecule has 0 spiro atoms. The second-order valence-electron chi connectivity index (χ2n) is 6.33. The number of hydrogen-bond acceptors (Lipinski definition) is 3. The summed E-state index contributed by atoms with van der Waals surface area (Å²) in [5, 5.41) is 12.8. The van der Waals surface area contributed by atoms with Crippen LogP contribution in [0.25, 0.3) is 0 Å². The molecular weight excluding hydrogens is 252 g/mol. The highest BCUT2D eigenvalue weighted by Crippen LogP contribution is 2.34. The number of hydrogen-bond donors (Lipinski definition) is 2. The molecule has 0 bridgehead atoms. The molecule has 1 fully saturated rings. The van der Waals surface area contributed by atoms with Crippen molar-refractivity contribution in [2.75, 3.05) is 20.1 Å². The summed E-state index contributed by atoms with van der Waals surface area (Å²) in [7, 11) is 2.16. The van der Waals surface area contributed by atoms with Crippen LogP contribution in [0.2, 0.25) is 0 Å². The van der Waals surface area contributed by atoms with Crippen LogP contribution in [-0.2, 0) is 4.79 Å². The Morgan fingerprint density at radius 2 is 2.10 bits per heavy atom. The molecule has 0 heterocycles. The first-order chi connectivity index (χ1) is 9.46. The zero-order chi connectivity index (χ0) is 15.2. The van der Waals surface area contributed by atoms with Crippen molar-refractivity contribution in [1.82, 2.24) is 10.2 Å². The Morgan fingerprint density at radius 3 is 2.55 bits per heavy atom. The number of aliphatic carboxylic acids is 1. The van der Waals surface area contributed by atoms with E-state index in [2.05, 4.69) is 31.1 Å². The molecule has 0 aromatic heterocycles. The fourth-order valence-corrected chi connectivity index (χ4v) is 2.86. The topological polar surface area (TPSA) is 52.6 Å². The molecule has 20 heavy (non-hydrogen) atoms. The van der Waals surface area contributed by atoms with Gasteiger partial charge in [0.05, 0.1) is 0 Å². The molecule has 1 rings (SSSR count). The van der Waals surface area contributed by atoms with Crippen molar-refractivity contribution in [3.05, 3.63) is 0 Å². The van der Waals surface area contributed by atoms with Crippen molar-refractivity contribution >= 4 is 5.97 Å². The largest absolute Gasteiger partial charge is 0.480 e. The fraction of sp³-hybridized carbons (Fsp3) is 0.938. The van der Waals surface area contributed by atoms with Gasteiger partial charge in [-0.15, -0.1) is 0 Å². The van der Waals surface area contributed by atoms with E-state index in [1.807, 2.05) is 6.92 Å². The van der Waals surface area contributed by atoms with E-state index >= 15 is 0 Å².